The van der Waals surface area contributed by atoms with Gasteiger partial charge >= 0.3 is 6.18 Å². The molecule has 1 saturated heterocycles. The largest absolute Gasteiger partial charge is 0.420 e. The van der Waals surface area contributed by atoms with Gasteiger partial charge in [-0.15, -0.1) is 5.73 Å². The van der Waals surface area contributed by atoms with E-state index in [0.717, 1.165) is 11.3 Å². The van der Waals surface area contributed by atoms with Crippen LogP contribution in [-0.2, 0) is 11.8 Å². The number of rotatable bonds is 3. The Bertz CT molecular complexity index is 1240. The maximum atomic E-state index is 12.9. The molecule has 0 unspecified atom stereocenters. The fourth-order valence-corrected chi connectivity index (χ4v) is 3.76. The number of ether oxygens (including phenoxy) is 1. The first-order valence-electron chi connectivity index (χ1n) is 9.84. The smallest absolute Gasteiger partial charge is 0.370 e. The van der Waals surface area contributed by atoms with Crippen molar-refractivity contribution in [2.45, 2.75) is 25.6 Å². The molecule has 1 atom stereocenters. The standard InChI is InChI=1S/C21H19F3N6O/c1-12-3-4-16-18(13-7-15(8-13)21(22,23)24)27-20(28-19(16)26-12)30-5-6-31-17(11-30)14-9-25-29(2)10-14/h3-4,9-10,17H,5-7,11H2,1-2H3/t17-/m0/s1. The van der Waals surface area contributed by atoms with Crippen LogP contribution < -0.4 is 4.90 Å². The molecular formula is C21H19F3N6O. The Labute approximate surface area is 175 Å². The molecule has 4 heterocycles. The van der Waals surface area contributed by atoms with E-state index < -0.39 is 11.7 Å². The maximum absolute atomic E-state index is 12.9. The lowest BCUT2D eigenvalue weighted by atomic mass is 9.92. The van der Waals surface area contributed by atoms with Crippen molar-refractivity contribution in [2.24, 2.45) is 7.05 Å². The van der Waals surface area contributed by atoms with Gasteiger partial charge in [0.2, 0.25) is 5.95 Å². The lowest BCUT2D eigenvalue weighted by Crippen LogP contribution is -2.39. The van der Waals surface area contributed by atoms with E-state index in [-0.39, 0.29) is 12.5 Å². The molecule has 0 saturated carbocycles. The van der Waals surface area contributed by atoms with Gasteiger partial charge in [0.1, 0.15) is 6.10 Å². The number of aryl methyl sites for hydroxylation is 2. The Morgan fingerprint density at radius 2 is 2.00 bits per heavy atom. The summed E-state index contributed by atoms with van der Waals surface area (Å²) in [6.07, 6.45) is -1.13. The molecule has 1 aliphatic carbocycles. The molecule has 0 spiro atoms. The van der Waals surface area contributed by atoms with Gasteiger partial charge in [0.25, 0.3) is 0 Å². The molecule has 3 aromatic heterocycles. The van der Waals surface area contributed by atoms with E-state index in [0.29, 0.717) is 47.9 Å². The Hall–Kier alpha value is -3.23. The number of fused-ring (bicyclic) bond motifs is 1. The first-order chi connectivity index (χ1) is 14.8. The van der Waals surface area contributed by atoms with Crippen molar-refractivity contribution in [3.8, 4) is 0 Å². The van der Waals surface area contributed by atoms with Crippen LogP contribution in [0.4, 0.5) is 19.1 Å². The summed E-state index contributed by atoms with van der Waals surface area (Å²) in [4.78, 5) is 15.7. The predicted octanol–water partition coefficient (Wildman–Crippen LogP) is 3.52. The van der Waals surface area contributed by atoms with Gasteiger partial charge in [0.05, 0.1) is 30.6 Å². The van der Waals surface area contributed by atoms with Crippen molar-refractivity contribution in [3.05, 3.63) is 52.8 Å². The normalized spacial score (nSPS) is 19.3. The molecule has 31 heavy (non-hydrogen) atoms. The molecule has 1 aliphatic heterocycles. The van der Waals surface area contributed by atoms with Gasteiger partial charge in [0.15, 0.2) is 5.65 Å². The van der Waals surface area contributed by atoms with Crippen molar-refractivity contribution in [1.29, 1.82) is 0 Å². The summed E-state index contributed by atoms with van der Waals surface area (Å²) < 4.78 is 46.4. The SMILES string of the molecule is Cc1ccc2c(C3=C=C(C(F)(F)F)C3)nc(N3CCO[C@H](c4cnn(C)c4)C3)nc2n1. The summed E-state index contributed by atoms with van der Waals surface area (Å²) in [5.41, 5.74) is 4.82. The average Bonchev–Trinajstić information content (AvgIpc) is 3.12. The van der Waals surface area contributed by atoms with E-state index in [2.05, 4.69) is 25.8 Å². The Balaban J connectivity index is 1.56. The van der Waals surface area contributed by atoms with E-state index >= 15 is 0 Å². The second-order valence-electron chi connectivity index (χ2n) is 7.71. The van der Waals surface area contributed by atoms with E-state index in [1.807, 2.05) is 25.1 Å². The number of alkyl halides is 3. The van der Waals surface area contributed by atoms with Crippen LogP contribution in [-0.4, -0.2) is 50.6 Å². The Kier molecular flexibility index (Phi) is 4.56. The van der Waals surface area contributed by atoms with Crippen LogP contribution in [0.2, 0.25) is 0 Å². The van der Waals surface area contributed by atoms with Gasteiger partial charge in [-0.2, -0.15) is 23.3 Å². The molecule has 3 aromatic rings. The zero-order valence-electron chi connectivity index (χ0n) is 16.9. The molecule has 160 valence electrons. The van der Waals surface area contributed by atoms with Gasteiger partial charge in [-0.25, -0.2) is 9.97 Å². The van der Waals surface area contributed by atoms with Crippen molar-refractivity contribution in [3.63, 3.8) is 0 Å². The lowest BCUT2D eigenvalue weighted by molar-refractivity contribution is -0.0934. The van der Waals surface area contributed by atoms with Crippen LogP contribution in [0.25, 0.3) is 16.6 Å². The highest BCUT2D eigenvalue weighted by Crippen LogP contribution is 2.40. The van der Waals surface area contributed by atoms with Crippen molar-refractivity contribution in [2.75, 3.05) is 24.6 Å². The maximum Gasteiger partial charge on any atom is 0.420 e. The Morgan fingerprint density at radius 3 is 2.71 bits per heavy atom. The number of hydrogen-bond acceptors (Lipinski definition) is 6. The highest BCUT2D eigenvalue weighted by Gasteiger charge is 2.38. The van der Waals surface area contributed by atoms with Crippen molar-refractivity contribution < 1.29 is 17.9 Å². The topological polar surface area (TPSA) is 69.0 Å². The summed E-state index contributed by atoms with van der Waals surface area (Å²) in [5.74, 6) is 0.424. The number of aromatic nitrogens is 5. The molecule has 0 amide bonds. The number of allylic oxidation sites excluding steroid dienone is 1. The summed E-state index contributed by atoms with van der Waals surface area (Å²) >= 11 is 0. The molecule has 2 aliphatic rings. The number of pyridine rings is 1. The second kappa shape index (κ2) is 7.18. The third kappa shape index (κ3) is 3.68. The van der Waals surface area contributed by atoms with Crippen molar-refractivity contribution in [1.82, 2.24) is 24.7 Å². The van der Waals surface area contributed by atoms with Crippen LogP contribution in [0, 0.1) is 6.92 Å². The zero-order valence-corrected chi connectivity index (χ0v) is 16.9. The summed E-state index contributed by atoms with van der Waals surface area (Å²) in [5, 5.41) is 4.81. The zero-order chi connectivity index (χ0) is 21.8. The third-order valence-corrected chi connectivity index (χ3v) is 5.42. The average molecular weight is 428 g/mol. The molecule has 0 radical (unpaired) electrons. The number of anilines is 1. The van der Waals surface area contributed by atoms with E-state index in [9.17, 15) is 13.2 Å². The quantitative estimate of drug-likeness (QED) is 0.595. The first-order valence-corrected chi connectivity index (χ1v) is 9.84. The van der Waals surface area contributed by atoms with Crippen LogP contribution in [0.15, 0.2) is 35.8 Å². The van der Waals surface area contributed by atoms with E-state index in [1.54, 1.807) is 23.0 Å². The monoisotopic (exact) mass is 428 g/mol. The van der Waals surface area contributed by atoms with Crippen LogP contribution in [0.3, 0.4) is 0 Å². The van der Waals surface area contributed by atoms with Gasteiger partial charge < -0.3 is 9.64 Å². The van der Waals surface area contributed by atoms with Gasteiger partial charge in [0, 0.05) is 48.4 Å². The predicted molar refractivity (Wildman–Crippen MR) is 107 cm³/mol. The fourth-order valence-electron chi connectivity index (χ4n) is 3.76. The summed E-state index contributed by atoms with van der Waals surface area (Å²) in [6, 6.07) is 3.60. The minimum Gasteiger partial charge on any atom is -0.370 e. The van der Waals surface area contributed by atoms with Gasteiger partial charge in [-0.05, 0) is 19.1 Å². The Morgan fingerprint density at radius 1 is 1.19 bits per heavy atom. The highest BCUT2D eigenvalue weighted by atomic mass is 19.4. The van der Waals surface area contributed by atoms with E-state index in [4.69, 9.17) is 4.74 Å². The molecule has 1 fully saturated rings. The van der Waals surface area contributed by atoms with Crippen LogP contribution >= 0.6 is 0 Å². The molecule has 5 rings (SSSR count). The molecule has 0 bridgehead atoms. The van der Waals surface area contributed by atoms with E-state index in [1.165, 1.54) is 0 Å². The van der Waals surface area contributed by atoms with Crippen LogP contribution in [0.5, 0.6) is 0 Å². The van der Waals surface area contributed by atoms with Crippen LogP contribution in [0.1, 0.15) is 29.5 Å². The molecule has 7 nitrogen and oxygen atoms in total. The molecule has 0 aromatic carbocycles. The minimum atomic E-state index is -4.37. The first kappa shape index (κ1) is 19.7. The molecule has 0 N–H and O–H groups in total. The van der Waals surface area contributed by atoms with Gasteiger partial charge in [-0.1, -0.05) is 0 Å². The molecular weight excluding hydrogens is 409 g/mol. The summed E-state index contributed by atoms with van der Waals surface area (Å²) in [6.45, 7) is 3.39. The number of nitrogens with zero attached hydrogens (tertiary/aromatic N) is 6. The second-order valence-corrected chi connectivity index (χ2v) is 7.71. The highest BCUT2D eigenvalue weighted by molar-refractivity contribution is 5.90. The molecule has 10 heteroatoms. The fraction of sp³-hybridized carbons (Fsp3) is 0.381. The third-order valence-electron chi connectivity index (χ3n) is 5.42. The summed E-state index contributed by atoms with van der Waals surface area (Å²) in [7, 11) is 1.84. The van der Waals surface area contributed by atoms with Gasteiger partial charge in [-0.3, -0.25) is 4.68 Å². The number of hydrogen-bond donors (Lipinski definition) is 0. The number of morpholine rings is 1. The number of halogens is 3. The minimum absolute atomic E-state index is 0.199. The lowest BCUT2D eigenvalue weighted by Gasteiger charge is -2.33. The van der Waals surface area contributed by atoms with Crippen molar-refractivity contribution >= 4 is 22.6 Å².